The first-order valence-electron chi connectivity index (χ1n) is 21.3. The minimum Gasteiger partial charge on any atom is -0.311 e. The largest absolute Gasteiger partial charge is 0.311 e. The van der Waals surface area contributed by atoms with Gasteiger partial charge >= 0.3 is 0 Å². The average Bonchev–Trinajstić information content (AvgIpc) is 4.01. The Balaban J connectivity index is 0.937. The van der Waals surface area contributed by atoms with E-state index in [1.54, 1.807) is 0 Å². The zero-order valence-corrected chi connectivity index (χ0v) is 35.6. The van der Waals surface area contributed by atoms with E-state index in [9.17, 15) is 0 Å². The molecule has 0 bridgehead atoms. The van der Waals surface area contributed by atoms with Crippen molar-refractivity contribution in [3.05, 3.63) is 240 Å². The van der Waals surface area contributed by atoms with Crippen LogP contribution in [0.5, 0.6) is 0 Å². The van der Waals surface area contributed by atoms with Gasteiger partial charge in [0, 0.05) is 48.9 Å². The van der Waals surface area contributed by atoms with Gasteiger partial charge < -0.3 is 9.47 Å². The molecule has 1 aliphatic rings. The first-order chi connectivity index (χ1) is 30.5. The SMILES string of the molecule is CC1(C)c2cc(-c3ccc(/C=C/c4ccc(N(c5ccccc5)c5ccccc5)cc4)s3)ccc2-c2cc3c(-c4ccccc4)c(-c4ccccc4)n(-c4ccccc4)c3cc21. The lowest BCUT2D eigenvalue weighted by molar-refractivity contribution is 0.661. The lowest BCUT2D eigenvalue weighted by atomic mass is 9.81. The molecular weight excluding hydrogens is 769 g/mol. The summed E-state index contributed by atoms with van der Waals surface area (Å²) in [5.74, 6) is 0. The minimum atomic E-state index is -0.191. The topological polar surface area (TPSA) is 8.17 Å². The zero-order valence-electron chi connectivity index (χ0n) is 34.7. The van der Waals surface area contributed by atoms with Crippen LogP contribution in [0.2, 0.25) is 0 Å². The van der Waals surface area contributed by atoms with Crippen molar-refractivity contribution in [2.75, 3.05) is 4.90 Å². The summed E-state index contributed by atoms with van der Waals surface area (Å²) in [6.45, 7) is 4.79. The van der Waals surface area contributed by atoms with Crippen molar-refractivity contribution < 1.29 is 0 Å². The summed E-state index contributed by atoms with van der Waals surface area (Å²) in [6.07, 6.45) is 4.46. The van der Waals surface area contributed by atoms with E-state index in [1.165, 1.54) is 76.4 Å². The van der Waals surface area contributed by atoms with Gasteiger partial charge in [-0.1, -0.05) is 159 Å². The molecule has 0 N–H and O–H groups in total. The second kappa shape index (κ2) is 15.5. The molecule has 0 saturated heterocycles. The number of benzene rings is 8. The first-order valence-corrected chi connectivity index (χ1v) is 22.2. The third-order valence-corrected chi connectivity index (χ3v) is 13.5. The maximum absolute atomic E-state index is 2.48. The lowest BCUT2D eigenvalue weighted by Gasteiger charge is -2.25. The number of para-hydroxylation sites is 3. The van der Waals surface area contributed by atoms with E-state index in [1.807, 2.05) is 11.3 Å². The minimum absolute atomic E-state index is 0.191. The average molecular weight is 813 g/mol. The summed E-state index contributed by atoms with van der Waals surface area (Å²) in [4.78, 5) is 4.80. The molecule has 11 rings (SSSR count). The number of anilines is 3. The number of aromatic nitrogens is 1. The van der Waals surface area contributed by atoms with Crippen molar-refractivity contribution >= 4 is 51.5 Å². The highest BCUT2D eigenvalue weighted by Crippen LogP contribution is 2.53. The number of thiophene rings is 1. The molecule has 1 aliphatic carbocycles. The van der Waals surface area contributed by atoms with Crippen LogP contribution in [-0.2, 0) is 5.41 Å². The van der Waals surface area contributed by atoms with Crippen LogP contribution < -0.4 is 4.90 Å². The van der Waals surface area contributed by atoms with E-state index in [-0.39, 0.29) is 5.41 Å². The van der Waals surface area contributed by atoms with Gasteiger partial charge in [-0.15, -0.1) is 11.3 Å². The Bertz CT molecular complexity index is 3180. The van der Waals surface area contributed by atoms with Gasteiger partial charge in [-0.05, 0) is 129 Å². The highest BCUT2D eigenvalue weighted by atomic mass is 32.1. The molecule has 0 unspecified atom stereocenters. The van der Waals surface area contributed by atoms with Crippen molar-refractivity contribution in [1.82, 2.24) is 4.57 Å². The number of hydrogen-bond acceptors (Lipinski definition) is 2. The highest BCUT2D eigenvalue weighted by Gasteiger charge is 2.37. The molecule has 296 valence electrons. The Kier molecular flexibility index (Phi) is 9.40. The third-order valence-electron chi connectivity index (χ3n) is 12.4. The Labute approximate surface area is 368 Å². The smallest absolute Gasteiger partial charge is 0.0619 e. The lowest BCUT2D eigenvalue weighted by Crippen LogP contribution is -2.15. The summed E-state index contributed by atoms with van der Waals surface area (Å²) in [5, 5.41) is 1.26. The molecule has 2 heterocycles. The van der Waals surface area contributed by atoms with Gasteiger partial charge in [-0.2, -0.15) is 0 Å². The Hall–Kier alpha value is -7.46. The second-order valence-corrected chi connectivity index (χ2v) is 17.7. The van der Waals surface area contributed by atoms with Gasteiger partial charge in [0.2, 0.25) is 0 Å². The van der Waals surface area contributed by atoms with Gasteiger partial charge in [-0.25, -0.2) is 0 Å². The summed E-state index contributed by atoms with van der Waals surface area (Å²) < 4.78 is 2.48. The van der Waals surface area contributed by atoms with Crippen LogP contribution in [0.1, 0.15) is 35.4 Å². The quantitative estimate of drug-likeness (QED) is 0.141. The molecule has 0 spiro atoms. The summed E-state index contributed by atoms with van der Waals surface area (Å²) in [7, 11) is 0. The fraction of sp³-hybridized carbons (Fsp3) is 0.0508. The van der Waals surface area contributed by atoms with Crippen molar-refractivity contribution in [3.8, 4) is 49.6 Å². The molecule has 8 aromatic carbocycles. The van der Waals surface area contributed by atoms with Crippen LogP contribution >= 0.6 is 11.3 Å². The van der Waals surface area contributed by atoms with Crippen molar-refractivity contribution in [2.45, 2.75) is 19.3 Å². The zero-order chi connectivity index (χ0) is 41.6. The van der Waals surface area contributed by atoms with E-state index < -0.39 is 0 Å². The van der Waals surface area contributed by atoms with Crippen molar-refractivity contribution in [1.29, 1.82) is 0 Å². The summed E-state index contributed by atoms with van der Waals surface area (Å²) >= 11 is 1.84. The van der Waals surface area contributed by atoms with Crippen LogP contribution in [0.4, 0.5) is 17.1 Å². The molecule has 0 radical (unpaired) electrons. The normalized spacial score (nSPS) is 12.7. The fourth-order valence-electron chi connectivity index (χ4n) is 9.39. The van der Waals surface area contributed by atoms with Gasteiger partial charge in [0.15, 0.2) is 0 Å². The Morgan fingerprint density at radius 1 is 0.468 bits per heavy atom. The van der Waals surface area contributed by atoms with E-state index in [2.05, 4.69) is 254 Å². The fourth-order valence-corrected chi connectivity index (χ4v) is 10.3. The van der Waals surface area contributed by atoms with Crippen LogP contribution in [0, 0.1) is 0 Å². The maximum atomic E-state index is 2.48. The molecule has 3 heteroatoms. The molecule has 2 nitrogen and oxygen atoms in total. The number of fused-ring (bicyclic) bond motifs is 4. The predicted octanol–water partition coefficient (Wildman–Crippen LogP) is 16.6. The van der Waals surface area contributed by atoms with Crippen LogP contribution in [0.15, 0.2) is 218 Å². The monoisotopic (exact) mass is 812 g/mol. The molecule has 0 saturated carbocycles. The standard InChI is InChI=1S/C59H44N2S/c1-59(2)53-38-44(56-37-35-49(62-56)34-30-41-28-32-48(33-29-41)60(45-22-12-5-13-23-45)46-24-14-6-15-25-46)31-36-50(53)51-39-52-55(40-54(51)59)61(47-26-16-7-17-27-47)58(43-20-10-4-11-21-43)57(52)42-18-8-3-9-19-42/h3-40H,1-2H3/b34-30+. The highest BCUT2D eigenvalue weighted by molar-refractivity contribution is 7.16. The van der Waals surface area contributed by atoms with Crippen molar-refractivity contribution in [3.63, 3.8) is 0 Å². The van der Waals surface area contributed by atoms with Crippen molar-refractivity contribution in [2.24, 2.45) is 0 Å². The Morgan fingerprint density at radius 3 is 1.68 bits per heavy atom. The molecular formula is C59H44N2S. The number of hydrogen-bond donors (Lipinski definition) is 0. The number of rotatable bonds is 9. The third kappa shape index (κ3) is 6.59. The molecule has 10 aromatic rings. The Morgan fingerprint density at radius 2 is 1.03 bits per heavy atom. The van der Waals surface area contributed by atoms with E-state index in [0.717, 1.165) is 22.7 Å². The molecule has 0 atom stereocenters. The summed E-state index contributed by atoms with van der Waals surface area (Å²) in [6, 6.07) is 79.2. The van der Waals surface area contributed by atoms with Crippen LogP contribution in [-0.4, -0.2) is 4.57 Å². The predicted molar refractivity (Wildman–Crippen MR) is 265 cm³/mol. The second-order valence-electron chi connectivity index (χ2n) is 16.6. The van der Waals surface area contributed by atoms with E-state index in [0.29, 0.717) is 0 Å². The van der Waals surface area contributed by atoms with Gasteiger partial charge in [0.05, 0.1) is 11.2 Å². The van der Waals surface area contributed by atoms with E-state index >= 15 is 0 Å². The molecule has 0 fully saturated rings. The van der Waals surface area contributed by atoms with Crippen LogP contribution in [0.3, 0.4) is 0 Å². The molecule has 62 heavy (non-hydrogen) atoms. The summed E-state index contributed by atoms with van der Waals surface area (Å²) in [5.41, 5.74) is 18.3. The maximum Gasteiger partial charge on any atom is 0.0619 e. The molecule has 2 aromatic heterocycles. The van der Waals surface area contributed by atoms with E-state index in [4.69, 9.17) is 0 Å². The molecule has 0 amide bonds. The first kappa shape index (κ1) is 37.5. The molecule has 0 aliphatic heterocycles. The number of nitrogens with zero attached hydrogens (tertiary/aromatic N) is 2. The van der Waals surface area contributed by atoms with Gasteiger partial charge in [0.1, 0.15) is 0 Å². The van der Waals surface area contributed by atoms with Gasteiger partial charge in [-0.3, -0.25) is 0 Å². The van der Waals surface area contributed by atoms with Gasteiger partial charge in [0.25, 0.3) is 0 Å². The van der Waals surface area contributed by atoms with Crippen LogP contribution in [0.25, 0.3) is 72.7 Å².